The number of carbonyl (C=O) groups is 2. The van der Waals surface area contributed by atoms with Gasteiger partial charge in [0.2, 0.25) is 0 Å². The smallest absolute Gasteiger partial charge is 0.328 e. The molecule has 6 nitrogen and oxygen atoms in total. The normalized spacial score (nSPS) is 18.1. The zero-order chi connectivity index (χ0) is 17.0. The summed E-state index contributed by atoms with van der Waals surface area (Å²) in [4.78, 5) is 24.9. The summed E-state index contributed by atoms with van der Waals surface area (Å²) in [7, 11) is 0. The molecule has 1 heterocycles. The number of nitrogens with zero attached hydrogens (tertiary/aromatic N) is 1. The molecule has 1 aliphatic heterocycles. The highest BCUT2D eigenvalue weighted by Crippen LogP contribution is 2.27. The van der Waals surface area contributed by atoms with E-state index in [9.17, 15) is 14.7 Å². The monoisotopic (exact) mass is 321 g/mol. The van der Waals surface area contributed by atoms with Crippen LogP contribution in [0.4, 0.5) is 0 Å². The predicted octanol–water partition coefficient (Wildman–Crippen LogP) is 1.81. The van der Waals surface area contributed by atoms with Gasteiger partial charge in [0.15, 0.2) is 12.6 Å². The van der Waals surface area contributed by atoms with E-state index in [-0.39, 0.29) is 31.6 Å². The van der Waals surface area contributed by atoms with Gasteiger partial charge in [0.25, 0.3) is 5.91 Å². The molecule has 0 bridgehead atoms. The average molecular weight is 321 g/mol. The van der Waals surface area contributed by atoms with E-state index < -0.39 is 12.0 Å². The van der Waals surface area contributed by atoms with Gasteiger partial charge in [0, 0.05) is 6.54 Å². The second kappa shape index (κ2) is 7.46. The Morgan fingerprint density at radius 3 is 2.83 bits per heavy atom. The standard InChI is InChI=1S/C17H23NO5/c1-11(2)13-5-4-12(3)8-15(13)23-10-16(19)18-6-7-22-9-14(18)17(20)21/h4-5,8,11,14H,6-7,9-10H2,1-3H3,(H,20,21). The lowest BCUT2D eigenvalue weighted by Gasteiger charge is -2.32. The number of amides is 1. The molecule has 0 saturated carbocycles. The molecule has 1 aromatic carbocycles. The molecule has 2 rings (SSSR count). The summed E-state index contributed by atoms with van der Waals surface area (Å²) >= 11 is 0. The SMILES string of the molecule is Cc1ccc(C(C)C)c(OCC(=O)N2CCOCC2C(=O)O)c1. The van der Waals surface area contributed by atoms with Crippen LogP contribution in [-0.4, -0.2) is 54.3 Å². The zero-order valence-electron chi connectivity index (χ0n) is 13.7. The van der Waals surface area contributed by atoms with E-state index in [0.717, 1.165) is 11.1 Å². The first-order chi connectivity index (χ1) is 10.9. The molecular formula is C17H23NO5. The molecule has 1 unspecified atom stereocenters. The van der Waals surface area contributed by atoms with Crippen LogP contribution in [0.1, 0.15) is 30.9 Å². The topological polar surface area (TPSA) is 76.1 Å². The zero-order valence-corrected chi connectivity index (χ0v) is 13.7. The number of aliphatic carboxylic acids is 1. The molecule has 1 aliphatic rings. The number of ether oxygens (including phenoxy) is 2. The number of hydrogen-bond donors (Lipinski definition) is 1. The molecule has 23 heavy (non-hydrogen) atoms. The first kappa shape index (κ1) is 17.3. The summed E-state index contributed by atoms with van der Waals surface area (Å²) in [5.41, 5.74) is 2.08. The van der Waals surface area contributed by atoms with E-state index in [1.54, 1.807) is 0 Å². The number of hydrogen-bond acceptors (Lipinski definition) is 4. The van der Waals surface area contributed by atoms with Gasteiger partial charge >= 0.3 is 5.97 Å². The van der Waals surface area contributed by atoms with Crippen molar-refractivity contribution in [1.82, 2.24) is 4.90 Å². The third kappa shape index (κ3) is 4.22. The Labute approximate surface area is 136 Å². The van der Waals surface area contributed by atoms with Crippen LogP contribution >= 0.6 is 0 Å². The number of morpholine rings is 1. The summed E-state index contributed by atoms with van der Waals surface area (Å²) in [6.45, 7) is 6.53. The molecule has 0 radical (unpaired) electrons. The van der Waals surface area contributed by atoms with E-state index in [1.807, 2.05) is 25.1 Å². The van der Waals surface area contributed by atoms with Crippen molar-refractivity contribution in [2.75, 3.05) is 26.4 Å². The van der Waals surface area contributed by atoms with Crippen LogP contribution in [0.2, 0.25) is 0 Å². The van der Waals surface area contributed by atoms with Crippen molar-refractivity contribution in [2.24, 2.45) is 0 Å². The number of benzene rings is 1. The van der Waals surface area contributed by atoms with Crippen LogP contribution in [0.15, 0.2) is 18.2 Å². The summed E-state index contributed by atoms with van der Waals surface area (Å²) in [5, 5.41) is 9.18. The Balaban J connectivity index is 2.06. The van der Waals surface area contributed by atoms with Crippen LogP contribution in [0.5, 0.6) is 5.75 Å². The molecule has 1 atom stereocenters. The van der Waals surface area contributed by atoms with Crippen molar-refractivity contribution in [3.63, 3.8) is 0 Å². The van der Waals surface area contributed by atoms with Gasteiger partial charge in [-0.05, 0) is 30.0 Å². The Kier molecular flexibility index (Phi) is 5.60. The van der Waals surface area contributed by atoms with Gasteiger partial charge in [-0.15, -0.1) is 0 Å². The molecule has 1 saturated heterocycles. The maximum atomic E-state index is 12.3. The maximum Gasteiger partial charge on any atom is 0.328 e. The minimum atomic E-state index is -1.06. The van der Waals surface area contributed by atoms with Crippen LogP contribution in [0.3, 0.4) is 0 Å². The highest BCUT2D eigenvalue weighted by atomic mass is 16.5. The van der Waals surface area contributed by atoms with Crippen LogP contribution < -0.4 is 4.74 Å². The molecule has 126 valence electrons. The van der Waals surface area contributed by atoms with Crippen molar-refractivity contribution >= 4 is 11.9 Å². The lowest BCUT2D eigenvalue weighted by Crippen LogP contribution is -2.53. The Morgan fingerprint density at radius 1 is 1.43 bits per heavy atom. The average Bonchev–Trinajstić information content (AvgIpc) is 2.52. The second-order valence-electron chi connectivity index (χ2n) is 6.00. The number of rotatable bonds is 5. The van der Waals surface area contributed by atoms with E-state index in [4.69, 9.17) is 9.47 Å². The first-order valence-corrected chi connectivity index (χ1v) is 7.73. The van der Waals surface area contributed by atoms with Gasteiger partial charge in [-0.2, -0.15) is 0 Å². The van der Waals surface area contributed by atoms with E-state index in [2.05, 4.69) is 13.8 Å². The fourth-order valence-electron chi connectivity index (χ4n) is 2.57. The molecule has 6 heteroatoms. The summed E-state index contributed by atoms with van der Waals surface area (Å²) < 4.78 is 10.8. The fourth-order valence-corrected chi connectivity index (χ4v) is 2.57. The van der Waals surface area contributed by atoms with Crippen molar-refractivity contribution in [1.29, 1.82) is 0 Å². The largest absolute Gasteiger partial charge is 0.483 e. The molecule has 1 N–H and O–H groups in total. The number of aryl methyl sites for hydroxylation is 1. The molecule has 1 amide bonds. The Morgan fingerprint density at radius 2 is 2.17 bits per heavy atom. The van der Waals surface area contributed by atoms with Gasteiger partial charge < -0.3 is 19.5 Å². The van der Waals surface area contributed by atoms with Gasteiger partial charge in [0.05, 0.1) is 13.2 Å². The van der Waals surface area contributed by atoms with Gasteiger partial charge in [-0.1, -0.05) is 26.0 Å². The van der Waals surface area contributed by atoms with Crippen LogP contribution in [0.25, 0.3) is 0 Å². The maximum absolute atomic E-state index is 12.3. The number of carboxylic acid groups (broad SMARTS) is 1. The molecule has 0 aliphatic carbocycles. The summed E-state index contributed by atoms with van der Waals surface area (Å²) in [6.07, 6.45) is 0. The molecule has 1 fully saturated rings. The Hall–Kier alpha value is -2.08. The lowest BCUT2D eigenvalue weighted by molar-refractivity contribution is -0.159. The molecule has 1 aromatic rings. The third-order valence-corrected chi connectivity index (χ3v) is 3.88. The minimum Gasteiger partial charge on any atom is -0.483 e. The fraction of sp³-hybridized carbons (Fsp3) is 0.529. The number of carboxylic acids is 1. The highest BCUT2D eigenvalue weighted by molar-refractivity contribution is 5.84. The second-order valence-corrected chi connectivity index (χ2v) is 6.00. The Bertz CT molecular complexity index is 584. The van der Waals surface area contributed by atoms with Crippen molar-refractivity contribution in [2.45, 2.75) is 32.7 Å². The van der Waals surface area contributed by atoms with Gasteiger partial charge in [-0.25, -0.2) is 4.79 Å². The molecule has 0 aromatic heterocycles. The number of carbonyl (C=O) groups excluding carboxylic acids is 1. The lowest BCUT2D eigenvalue weighted by atomic mass is 10.0. The van der Waals surface area contributed by atoms with Crippen LogP contribution in [-0.2, 0) is 14.3 Å². The predicted molar refractivity (Wildman–Crippen MR) is 84.7 cm³/mol. The third-order valence-electron chi connectivity index (χ3n) is 3.88. The minimum absolute atomic E-state index is 0.0166. The van der Waals surface area contributed by atoms with E-state index in [1.165, 1.54) is 4.90 Å². The quantitative estimate of drug-likeness (QED) is 0.895. The van der Waals surface area contributed by atoms with E-state index in [0.29, 0.717) is 12.4 Å². The van der Waals surface area contributed by atoms with Gasteiger partial charge in [-0.3, -0.25) is 4.79 Å². The van der Waals surface area contributed by atoms with Gasteiger partial charge in [0.1, 0.15) is 5.75 Å². The molecule has 0 spiro atoms. The summed E-state index contributed by atoms with van der Waals surface area (Å²) in [6, 6.07) is 4.96. The first-order valence-electron chi connectivity index (χ1n) is 7.73. The molecular weight excluding hydrogens is 298 g/mol. The van der Waals surface area contributed by atoms with E-state index >= 15 is 0 Å². The van der Waals surface area contributed by atoms with Crippen molar-refractivity contribution < 1.29 is 24.2 Å². The highest BCUT2D eigenvalue weighted by Gasteiger charge is 2.32. The van der Waals surface area contributed by atoms with Crippen molar-refractivity contribution in [3.8, 4) is 5.75 Å². The van der Waals surface area contributed by atoms with Crippen molar-refractivity contribution in [3.05, 3.63) is 29.3 Å². The summed E-state index contributed by atoms with van der Waals surface area (Å²) in [5.74, 6) is -0.447. The van der Waals surface area contributed by atoms with Crippen LogP contribution in [0, 0.1) is 6.92 Å².